The topological polar surface area (TPSA) is 88.8 Å². The van der Waals surface area contributed by atoms with Crippen LogP contribution >= 0.6 is 0 Å². The summed E-state index contributed by atoms with van der Waals surface area (Å²) in [5.74, 6) is -1.21. The lowest BCUT2D eigenvalue weighted by molar-refractivity contribution is 0.0479. The molecule has 1 N–H and O–H groups in total. The van der Waals surface area contributed by atoms with Crippen LogP contribution in [0.1, 0.15) is 40.1 Å². The molecule has 0 spiro atoms. The molecule has 1 aromatic heterocycles. The molecule has 2 aliphatic heterocycles. The molecule has 0 radical (unpaired) electrons. The SMILES string of the molecule is COc1c2n(cc(C(=O)O)c1=O)C[C@H]1[C@@H]3CC[C@@H](C3)N1C2=O. The van der Waals surface area contributed by atoms with Gasteiger partial charge in [0, 0.05) is 18.8 Å². The quantitative estimate of drug-likeness (QED) is 0.862. The second kappa shape index (κ2) is 4.34. The second-order valence-electron chi connectivity index (χ2n) is 6.22. The molecule has 116 valence electrons. The molecule has 4 rings (SSSR count). The van der Waals surface area contributed by atoms with Gasteiger partial charge in [-0.1, -0.05) is 0 Å². The van der Waals surface area contributed by atoms with Crippen molar-refractivity contribution in [3.05, 3.63) is 27.7 Å². The third kappa shape index (κ3) is 1.53. The Hall–Kier alpha value is -2.31. The number of carboxylic acid groups (broad SMARTS) is 1. The fraction of sp³-hybridized carbons (Fsp3) is 0.533. The van der Waals surface area contributed by atoms with Gasteiger partial charge < -0.3 is 19.3 Å². The first-order valence-electron chi connectivity index (χ1n) is 7.40. The number of aromatic carboxylic acids is 1. The Balaban J connectivity index is 1.92. The Morgan fingerprint density at radius 2 is 2.14 bits per heavy atom. The van der Waals surface area contributed by atoms with Gasteiger partial charge in [-0.2, -0.15) is 0 Å². The number of carbonyl (C=O) groups excluding carboxylic acids is 1. The van der Waals surface area contributed by atoms with E-state index in [0.29, 0.717) is 12.5 Å². The zero-order chi connectivity index (χ0) is 15.6. The third-order valence-electron chi connectivity index (χ3n) is 5.23. The van der Waals surface area contributed by atoms with E-state index in [9.17, 15) is 19.5 Å². The lowest BCUT2D eigenvalue weighted by Crippen LogP contribution is -2.52. The maximum Gasteiger partial charge on any atom is 0.341 e. The number of methoxy groups -OCH3 is 1. The van der Waals surface area contributed by atoms with Gasteiger partial charge in [-0.25, -0.2) is 4.79 Å². The average Bonchev–Trinajstić information content (AvgIpc) is 3.08. The lowest BCUT2D eigenvalue weighted by atomic mass is 9.96. The standard InChI is InChI=1S/C15H16N2O5/c1-22-13-11-14(19)17-8-3-2-7(4-8)10(17)6-16(11)5-9(12(13)18)15(20)21/h5,7-8,10H,2-4,6H2,1H3,(H,20,21)/t7-,8+,10+/m1/s1. The molecule has 7 nitrogen and oxygen atoms in total. The Kier molecular flexibility index (Phi) is 2.64. The van der Waals surface area contributed by atoms with Crippen LogP contribution in [0.4, 0.5) is 0 Å². The van der Waals surface area contributed by atoms with Crippen molar-refractivity contribution < 1.29 is 19.4 Å². The molecule has 1 aromatic rings. The van der Waals surface area contributed by atoms with Crippen LogP contribution in [-0.2, 0) is 6.54 Å². The third-order valence-corrected chi connectivity index (χ3v) is 5.23. The summed E-state index contributed by atoms with van der Waals surface area (Å²) in [5.41, 5.74) is -0.913. The predicted octanol–water partition coefficient (Wildman–Crippen LogP) is 0.562. The van der Waals surface area contributed by atoms with Crippen molar-refractivity contribution >= 4 is 11.9 Å². The van der Waals surface area contributed by atoms with E-state index in [4.69, 9.17) is 4.74 Å². The van der Waals surface area contributed by atoms with Gasteiger partial charge in [0.1, 0.15) is 5.56 Å². The molecule has 1 saturated heterocycles. The molecular formula is C15H16N2O5. The Morgan fingerprint density at radius 1 is 1.36 bits per heavy atom. The number of ether oxygens (including phenoxy) is 1. The first-order chi connectivity index (χ1) is 10.5. The number of aromatic nitrogens is 1. The van der Waals surface area contributed by atoms with E-state index in [1.807, 2.05) is 4.90 Å². The van der Waals surface area contributed by atoms with Gasteiger partial charge in [-0.3, -0.25) is 9.59 Å². The minimum atomic E-state index is -1.30. The van der Waals surface area contributed by atoms with E-state index in [-0.39, 0.29) is 35.0 Å². The summed E-state index contributed by atoms with van der Waals surface area (Å²) in [4.78, 5) is 38.2. The number of carbonyl (C=O) groups is 2. The molecule has 1 aliphatic carbocycles. The number of carboxylic acids is 1. The van der Waals surface area contributed by atoms with Crippen molar-refractivity contribution in [3.8, 4) is 5.75 Å². The molecule has 7 heteroatoms. The zero-order valence-electron chi connectivity index (χ0n) is 12.1. The van der Waals surface area contributed by atoms with Crippen LogP contribution in [0.2, 0.25) is 0 Å². The molecule has 22 heavy (non-hydrogen) atoms. The largest absolute Gasteiger partial charge is 0.491 e. The highest BCUT2D eigenvalue weighted by molar-refractivity contribution is 5.98. The summed E-state index contributed by atoms with van der Waals surface area (Å²) in [7, 11) is 1.29. The first kappa shape index (κ1) is 13.4. The number of hydrogen-bond acceptors (Lipinski definition) is 4. The van der Waals surface area contributed by atoms with Crippen molar-refractivity contribution in [1.82, 2.24) is 9.47 Å². The van der Waals surface area contributed by atoms with Gasteiger partial charge in [0.25, 0.3) is 5.91 Å². The van der Waals surface area contributed by atoms with Crippen molar-refractivity contribution in [1.29, 1.82) is 0 Å². The fourth-order valence-electron chi connectivity index (χ4n) is 4.31. The van der Waals surface area contributed by atoms with E-state index in [2.05, 4.69) is 0 Å². The van der Waals surface area contributed by atoms with Gasteiger partial charge in [0.2, 0.25) is 5.43 Å². The Morgan fingerprint density at radius 3 is 2.82 bits per heavy atom. The molecule has 3 atom stereocenters. The van der Waals surface area contributed by atoms with Gasteiger partial charge in [-0.05, 0) is 25.2 Å². The van der Waals surface area contributed by atoms with Gasteiger partial charge >= 0.3 is 5.97 Å². The number of amides is 1. The van der Waals surface area contributed by atoms with E-state index < -0.39 is 11.4 Å². The summed E-state index contributed by atoms with van der Waals surface area (Å²) in [5, 5.41) is 9.18. The number of fused-ring (bicyclic) bond motifs is 6. The summed E-state index contributed by atoms with van der Waals surface area (Å²) >= 11 is 0. The molecule has 1 amide bonds. The number of nitrogens with zero attached hydrogens (tertiary/aromatic N) is 2. The number of piperidine rings is 1. The predicted molar refractivity (Wildman–Crippen MR) is 75.3 cm³/mol. The molecular weight excluding hydrogens is 288 g/mol. The minimum absolute atomic E-state index is 0.104. The summed E-state index contributed by atoms with van der Waals surface area (Å²) in [6, 6.07) is 0.350. The molecule has 3 aliphatic rings. The fourth-order valence-corrected chi connectivity index (χ4v) is 4.31. The van der Waals surface area contributed by atoms with Gasteiger partial charge in [0.05, 0.1) is 13.2 Å². The average molecular weight is 304 g/mol. The zero-order valence-corrected chi connectivity index (χ0v) is 12.1. The van der Waals surface area contributed by atoms with Crippen molar-refractivity contribution in [2.24, 2.45) is 5.92 Å². The molecule has 0 unspecified atom stereocenters. The second-order valence-corrected chi connectivity index (χ2v) is 6.22. The van der Waals surface area contributed by atoms with Crippen molar-refractivity contribution in [2.75, 3.05) is 7.11 Å². The van der Waals surface area contributed by atoms with Crippen LogP contribution in [-0.4, -0.2) is 45.6 Å². The number of pyridine rings is 1. The Labute approximate surface area is 126 Å². The van der Waals surface area contributed by atoms with E-state index >= 15 is 0 Å². The van der Waals surface area contributed by atoms with Crippen LogP contribution in [0.25, 0.3) is 0 Å². The lowest BCUT2D eigenvalue weighted by Gasteiger charge is -2.40. The molecule has 2 fully saturated rings. The maximum atomic E-state index is 12.8. The molecule has 2 bridgehead atoms. The van der Waals surface area contributed by atoms with Crippen molar-refractivity contribution in [2.45, 2.75) is 37.9 Å². The highest BCUT2D eigenvalue weighted by Crippen LogP contribution is 2.45. The first-order valence-corrected chi connectivity index (χ1v) is 7.40. The Bertz CT molecular complexity index is 753. The van der Waals surface area contributed by atoms with Crippen LogP contribution in [0, 0.1) is 5.92 Å². The normalized spacial score (nSPS) is 28.5. The maximum absolute atomic E-state index is 12.8. The van der Waals surface area contributed by atoms with Crippen LogP contribution in [0.15, 0.2) is 11.0 Å². The molecule has 0 aromatic carbocycles. The van der Waals surface area contributed by atoms with E-state index in [0.717, 1.165) is 19.3 Å². The highest BCUT2D eigenvalue weighted by Gasteiger charge is 2.51. The minimum Gasteiger partial charge on any atom is -0.491 e. The monoisotopic (exact) mass is 304 g/mol. The summed E-state index contributed by atoms with van der Waals surface area (Å²) in [6.07, 6.45) is 4.40. The smallest absolute Gasteiger partial charge is 0.341 e. The van der Waals surface area contributed by atoms with Crippen LogP contribution < -0.4 is 10.2 Å². The van der Waals surface area contributed by atoms with Crippen LogP contribution in [0.5, 0.6) is 5.75 Å². The number of hydrogen-bond donors (Lipinski definition) is 1. The van der Waals surface area contributed by atoms with E-state index in [1.165, 1.54) is 13.3 Å². The number of rotatable bonds is 2. The van der Waals surface area contributed by atoms with E-state index in [1.54, 1.807) is 4.57 Å². The van der Waals surface area contributed by atoms with Crippen molar-refractivity contribution in [3.63, 3.8) is 0 Å². The molecule has 1 saturated carbocycles. The summed E-state index contributed by atoms with van der Waals surface area (Å²) in [6.45, 7) is 0.527. The van der Waals surface area contributed by atoms with Gasteiger partial charge in [0.15, 0.2) is 11.4 Å². The molecule has 3 heterocycles. The van der Waals surface area contributed by atoms with Gasteiger partial charge in [-0.15, -0.1) is 0 Å². The highest BCUT2D eigenvalue weighted by atomic mass is 16.5. The van der Waals surface area contributed by atoms with Crippen LogP contribution in [0.3, 0.4) is 0 Å². The summed E-state index contributed by atoms with van der Waals surface area (Å²) < 4.78 is 6.68.